The highest BCUT2D eigenvalue weighted by Crippen LogP contribution is 2.18. The molecule has 0 aliphatic rings. The van der Waals surface area contributed by atoms with E-state index < -0.39 is 0 Å². The summed E-state index contributed by atoms with van der Waals surface area (Å²) in [5.41, 5.74) is 3.88. The van der Waals surface area contributed by atoms with Crippen molar-refractivity contribution in [3.8, 4) is 11.3 Å². The highest BCUT2D eigenvalue weighted by Gasteiger charge is 2.09. The van der Waals surface area contributed by atoms with Gasteiger partial charge in [0.15, 0.2) is 0 Å². The van der Waals surface area contributed by atoms with Crippen LogP contribution in [0.5, 0.6) is 0 Å². The van der Waals surface area contributed by atoms with Gasteiger partial charge in [0.05, 0.1) is 5.69 Å². The van der Waals surface area contributed by atoms with Crippen LogP contribution in [0.1, 0.15) is 24.1 Å². The Morgan fingerprint density at radius 1 is 1.07 bits per heavy atom. The lowest BCUT2D eigenvalue weighted by Crippen LogP contribution is -2.28. The summed E-state index contributed by atoms with van der Waals surface area (Å²) in [7, 11) is 1.85. The summed E-state index contributed by atoms with van der Waals surface area (Å²) in [6.07, 6.45) is 2.97. The number of aromatic nitrogens is 2. The Morgan fingerprint density at radius 3 is 2.56 bits per heavy atom. The zero-order valence-electron chi connectivity index (χ0n) is 15.5. The molecule has 4 nitrogen and oxygen atoms in total. The molecule has 0 aliphatic heterocycles. The molecular formula is C22H24FN3O. The second-order valence-corrected chi connectivity index (χ2v) is 6.69. The fraction of sp³-hybridized carbons (Fsp3) is 0.273. The van der Waals surface area contributed by atoms with Gasteiger partial charge in [-0.05, 0) is 55.2 Å². The molecule has 0 unspecified atom stereocenters. The zero-order valence-corrected chi connectivity index (χ0v) is 15.5. The second kappa shape index (κ2) is 9.12. The first kappa shape index (κ1) is 18.8. The maximum atomic E-state index is 13.0. The number of amides is 1. The van der Waals surface area contributed by atoms with E-state index in [0.717, 1.165) is 36.2 Å². The zero-order chi connectivity index (χ0) is 19.1. The predicted molar refractivity (Wildman–Crippen MR) is 105 cm³/mol. The van der Waals surface area contributed by atoms with Crippen LogP contribution in [0.15, 0.2) is 60.7 Å². The maximum absolute atomic E-state index is 13.0. The molecule has 0 saturated heterocycles. The van der Waals surface area contributed by atoms with E-state index in [1.54, 1.807) is 17.0 Å². The number of nitrogens with zero attached hydrogens (tertiary/aromatic N) is 2. The van der Waals surface area contributed by atoms with Crippen LogP contribution in [0.3, 0.4) is 0 Å². The summed E-state index contributed by atoms with van der Waals surface area (Å²) in [6.45, 7) is 0.707. The molecule has 1 N–H and O–H groups in total. The number of hydrogen-bond donors (Lipinski definition) is 1. The summed E-state index contributed by atoms with van der Waals surface area (Å²) in [5, 5.41) is 7.31. The number of hydrogen-bond acceptors (Lipinski definition) is 2. The van der Waals surface area contributed by atoms with Gasteiger partial charge < -0.3 is 4.90 Å². The van der Waals surface area contributed by atoms with Gasteiger partial charge >= 0.3 is 0 Å². The average molecular weight is 365 g/mol. The number of H-pyrrole nitrogens is 1. The van der Waals surface area contributed by atoms with Crippen LogP contribution in [0, 0.1) is 5.82 Å². The number of aromatic amines is 1. The molecule has 1 aromatic heterocycles. The second-order valence-electron chi connectivity index (χ2n) is 6.69. The van der Waals surface area contributed by atoms with Gasteiger partial charge in [0.2, 0.25) is 5.91 Å². The van der Waals surface area contributed by atoms with Crippen LogP contribution in [0.4, 0.5) is 4.39 Å². The Labute approximate surface area is 159 Å². The summed E-state index contributed by atoms with van der Waals surface area (Å²) in [6, 6.07) is 18.3. The van der Waals surface area contributed by atoms with Crippen molar-refractivity contribution >= 4 is 5.91 Å². The van der Waals surface area contributed by atoms with Gasteiger partial charge in [0.25, 0.3) is 0 Å². The van der Waals surface area contributed by atoms with Crippen LogP contribution in [-0.2, 0) is 17.6 Å². The fourth-order valence-electron chi connectivity index (χ4n) is 2.98. The molecule has 2 aromatic carbocycles. The van der Waals surface area contributed by atoms with Crippen molar-refractivity contribution in [1.29, 1.82) is 0 Å². The largest absolute Gasteiger partial charge is 0.346 e. The van der Waals surface area contributed by atoms with E-state index in [1.807, 2.05) is 43.4 Å². The molecule has 3 aromatic rings. The van der Waals surface area contributed by atoms with Gasteiger partial charge in [0, 0.05) is 31.3 Å². The summed E-state index contributed by atoms with van der Waals surface area (Å²) in [5.74, 6) is -0.0926. The Kier molecular flexibility index (Phi) is 6.36. The average Bonchev–Trinajstić information content (AvgIpc) is 3.16. The van der Waals surface area contributed by atoms with Gasteiger partial charge in [-0.2, -0.15) is 5.10 Å². The summed E-state index contributed by atoms with van der Waals surface area (Å²) in [4.78, 5) is 14.0. The molecule has 0 saturated carbocycles. The molecular weight excluding hydrogens is 341 g/mol. The van der Waals surface area contributed by atoms with Crippen LogP contribution in [0.2, 0.25) is 0 Å². The Balaban J connectivity index is 1.42. The minimum Gasteiger partial charge on any atom is -0.346 e. The number of benzene rings is 2. The summed E-state index contributed by atoms with van der Waals surface area (Å²) < 4.78 is 13.0. The number of carbonyl (C=O) groups excluding carboxylic acids is 1. The molecule has 0 atom stereocenters. The van der Waals surface area contributed by atoms with Crippen molar-refractivity contribution in [2.75, 3.05) is 13.6 Å². The van der Waals surface area contributed by atoms with Crippen LogP contribution in [0.25, 0.3) is 11.3 Å². The molecule has 3 rings (SSSR count). The number of halogens is 1. The van der Waals surface area contributed by atoms with E-state index in [9.17, 15) is 9.18 Å². The van der Waals surface area contributed by atoms with E-state index in [4.69, 9.17) is 0 Å². The lowest BCUT2D eigenvalue weighted by atomic mass is 10.1. The topological polar surface area (TPSA) is 49.0 Å². The van der Waals surface area contributed by atoms with Gasteiger partial charge in [0.1, 0.15) is 5.82 Å². The maximum Gasteiger partial charge on any atom is 0.222 e. The third kappa shape index (κ3) is 5.51. The van der Waals surface area contributed by atoms with E-state index in [1.165, 1.54) is 17.7 Å². The van der Waals surface area contributed by atoms with Crippen LogP contribution >= 0.6 is 0 Å². The Bertz CT molecular complexity index is 859. The first-order chi connectivity index (χ1) is 13.1. The van der Waals surface area contributed by atoms with Crippen molar-refractivity contribution in [3.05, 3.63) is 77.7 Å². The third-order valence-corrected chi connectivity index (χ3v) is 4.61. The summed E-state index contributed by atoms with van der Waals surface area (Å²) >= 11 is 0. The quantitative estimate of drug-likeness (QED) is 0.649. The van der Waals surface area contributed by atoms with Crippen molar-refractivity contribution in [2.24, 2.45) is 0 Å². The highest BCUT2D eigenvalue weighted by molar-refractivity contribution is 5.76. The minimum atomic E-state index is -0.255. The first-order valence-corrected chi connectivity index (χ1v) is 9.20. The highest BCUT2D eigenvalue weighted by atomic mass is 19.1. The van der Waals surface area contributed by atoms with Crippen molar-refractivity contribution in [1.82, 2.24) is 15.1 Å². The molecule has 0 fully saturated rings. The Hall–Kier alpha value is -2.95. The molecule has 5 heteroatoms. The molecule has 1 amide bonds. The number of rotatable bonds is 8. The normalized spacial score (nSPS) is 10.7. The first-order valence-electron chi connectivity index (χ1n) is 9.20. The van der Waals surface area contributed by atoms with Crippen LogP contribution < -0.4 is 0 Å². The molecule has 0 aliphatic carbocycles. The lowest BCUT2D eigenvalue weighted by Gasteiger charge is -2.16. The fourth-order valence-corrected chi connectivity index (χ4v) is 2.98. The SMILES string of the molecule is CN(CCCc1cc(-c2ccc(F)cc2)n[nH]1)C(=O)CCc1ccccc1. The predicted octanol–water partition coefficient (Wildman–Crippen LogP) is 4.24. The number of aryl methyl sites for hydroxylation is 2. The molecule has 0 bridgehead atoms. The van der Waals surface area contributed by atoms with Crippen molar-refractivity contribution in [3.63, 3.8) is 0 Å². The third-order valence-electron chi connectivity index (χ3n) is 4.61. The van der Waals surface area contributed by atoms with E-state index in [-0.39, 0.29) is 11.7 Å². The van der Waals surface area contributed by atoms with E-state index in [2.05, 4.69) is 10.2 Å². The van der Waals surface area contributed by atoms with Crippen molar-refractivity contribution < 1.29 is 9.18 Å². The smallest absolute Gasteiger partial charge is 0.222 e. The van der Waals surface area contributed by atoms with Gasteiger partial charge in [-0.3, -0.25) is 9.89 Å². The van der Waals surface area contributed by atoms with Crippen molar-refractivity contribution in [2.45, 2.75) is 25.7 Å². The van der Waals surface area contributed by atoms with E-state index >= 15 is 0 Å². The van der Waals surface area contributed by atoms with Crippen LogP contribution in [-0.4, -0.2) is 34.6 Å². The molecule has 27 heavy (non-hydrogen) atoms. The standard InChI is InChI=1S/C22H24FN3O/c1-26(22(27)14-9-17-6-3-2-4-7-17)15-5-8-20-16-21(25-24-20)18-10-12-19(23)13-11-18/h2-4,6-7,10-13,16H,5,8-9,14-15H2,1H3,(H,24,25). The van der Waals surface area contributed by atoms with Gasteiger partial charge in [-0.1, -0.05) is 30.3 Å². The van der Waals surface area contributed by atoms with Gasteiger partial charge in [-0.15, -0.1) is 0 Å². The Morgan fingerprint density at radius 2 is 1.81 bits per heavy atom. The number of carbonyl (C=O) groups is 1. The minimum absolute atomic E-state index is 0.162. The van der Waals surface area contributed by atoms with Gasteiger partial charge in [-0.25, -0.2) is 4.39 Å². The molecule has 1 heterocycles. The molecule has 140 valence electrons. The molecule has 0 spiro atoms. The lowest BCUT2D eigenvalue weighted by molar-refractivity contribution is -0.129. The van der Waals surface area contributed by atoms with E-state index in [0.29, 0.717) is 13.0 Å². The molecule has 0 radical (unpaired) electrons. The monoisotopic (exact) mass is 365 g/mol. The number of nitrogens with one attached hydrogen (secondary N) is 1.